The molecule has 6 nitrogen and oxygen atoms in total. The van der Waals surface area contributed by atoms with Crippen LogP contribution in [0.15, 0.2) is 65.3 Å². The molecule has 2 aromatic rings. The Labute approximate surface area is 147 Å². The number of aliphatic imine (C=N–C) groups is 1. The number of halogens is 1. The minimum atomic E-state index is -0.571. The van der Waals surface area contributed by atoms with Crippen molar-refractivity contribution in [2.24, 2.45) is 4.99 Å². The number of carbonyl (C=O) groups excluding carboxylic acids is 1. The van der Waals surface area contributed by atoms with Crippen molar-refractivity contribution in [2.45, 2.75) is 0 Å². The highest BCUT2D eigenvalue weighted by molar-refractivity contribution is 6.30. The maximum Gasteiger partial charge on any atom is 0.363 e. The first-order valence-electron chi connectivity index (χ1n) is 7.22. The van der Waals surface area contributed by atoms with Crippen molar-refractivity contribution < 1.29 is 14.5 Å². The molecule has 7 heteroatoms. The number of nitro groups is 1. The van der Waals surface area contributed by atoms with Gasteiger partial charge in [0, 0.05) is 23.2 Å². The summed E-state index contributed by atoms with van der Waals surface area (Å²) in [6.45, 7) is 0. The van der Waals surface area contributed by atoms with Crippen molar-refractivity contribution in [1.82, 2.24) is 0 Å². The Bertz CT molecular complexity index is 948. The van der Waals surface area contributed by atoms with Gasteiger partial charge in [0.1, 0.15) is 0 Å². The topological polar surface area (TPSA) is 81.8 Å². The average molecular weight is 355 g/mol. The number of nitrogens with zero attached hydrogens (tertiary/aromatic N) is 2. The SMILES string of the molecule is O=C1OC(C=Cc2cccc([N+](=O)[O-])c2)=NC1=Cc1cccc(Cl)c1. The molecule has 1 aliphatic heterocycles. The van der Waals surface area contributed by atoms with E-state index in [1.807, 2.05) is 0 Å². The lowest BCUT2D eigenvalue weighted by atomic mass is 10.2. The summed E-state index contributed by atoms with van der Waals surface area (Å²) in [6, 6.07) is 13.1. The number of hydrogen-bond acceptors (Lipinski definition) is 5. The number of cyclic esters (lactones) is 1. The van der Waals surface area contributed by atoms with Gasteiger partial charge in [-0.15, -0.1) is 0 Å². The van der Waals surface area contributed by atoms with Gasteiger partial charge >= 0.3 is 5.97 Å². The summed E-state index contributed by atoms with van der Waals surface area (Å²) in [5.41, 5.74) is 1.46. The van der Waals surface area contributed by atoms with Gasteiger partial charge in [-0.3, -0.25) is 10.1 Å². The van der Waals surface area contributed by atoms with Crippen LogP contribution in [-0.4, -0.2) is 16.8 Å². The van der Waals surface area contributed by atoms with Gasteiger partial charge in [-0.05, 0) is 35.4 Å². The zero-order valence-corrected chi connectivity index (χ0v) is 13.5. The minimum absolute atomic E-state index is 0.0194. The van der Waals surface area contributed by atoms with Crippen molar-refractivity contribution in [1.29, 1.82) is 0 Å². The number of benzene rings is 2. The van der Waals surface area contributed by atoms with Crippen LogP contribution < -0.4 is 0 Å². The van der Waals surface area contributed by atoms with Gasteiger partial charge in [-0.25, -0.2) is 9.79 Å². The second-order valence-electron chi connectivity index (χ2n) is 5.11. The fraction of sp³-hybridized carbons (Fsp3) is 0. The second-order valence-corrected chi connectivity index (χ2v) is 5.55. The molecule has 25 heavy (non-hydrogen) atoms. The fourth-order valence-corrected chi connectivity index (χ4v) is 2.36. The van der Waals surface area contributed by atoms with E-state index < -0.39 is 10.9 Å². The number of rotatable bonds is 4. The molecule has 0 radical (unpaired) electrons. The quantitative estimate of drug-likeness (QED) is 0.355. The van der Waals surface area contributed by atoms with Crippen molar-refractivity contribution in [3.8, 4) is 0 Å². The van der Waals surface area contributed by atoms with Crippen LogP contribution in [0.5, 0.6) is 0 Å². The predicted octanol–water partition coefficient (Wildman–Crippen LogP) is 4.26. The lowest BCUT2D eigenvalue weighted by Crippen LogP contribution is -2.01. The van der Waals surface area contributed by atoms with E-state index in [-0.39, 0.29) is 17.3 Å². The monoisotopic (exact) mass is 354 g/mol. The van der Waals surface area contributed by atoms with E-state index in [2.05, 4.69) is 4.99 Å². The maximum atomic E-state index is 11.9. The Morgan fingerprint density at radius 2 is 1.84 bits per heavy atom. The fourth-order valence-electron chi connectivity index (χ4n) is 2.16. The Balaban J connectivity index is 1.81. The van der Waals surface area contributed by atoms with Crippen molar-refractivity contribution in [3.05, 3.63) is 86.6 Å². The van der Waals surface area contributed by atoms with Crippen LogP contribution in [-0.2, 0) is 9.53 Å². The first-order valence-corrected chi connectivity index (χ1v) is 7.60. The average Bonchev–Trinajstić information content (AvgIpc) is 2.93. The van der Waals surface area contributed by atoms with Crippen molar-refractivity contribution in [3.63, 3.8) is 0 Å². The molecule has 0 N–H and O–H groups in total. The highest BCUT2D eigenvalue weighted by atomic mass is 35.5. The van der Waals surface area contributed by atoms with E-state index in [0.29, 0.717) is 10.6 Å². The van der Waals surface area contributed by atoms with Gasteiger partial charge in [0.25, 0.3) is 5.69 Å². The summed E-state index contributed by atoms with van der Waals surface area (Å²) >= 11 is 5.91. The van der Waals surface area contributed by atoms with E-state index in [4.69, 9.17) is 16.3 Å². The van der Waals surface area contributed by atoms with Crippen LogP contribution in [0.25, 0.3) is 12.2 Å². The Morgan fingerprint density at radius 1 is 1.08 bits per heavy atom. The number of carbonyl (C=O) groups is 1. The highest BCUT2D eigenvalue weighted by Gasteiger charge is 2.21. The van der Waals surface area contributed by atoms with E-state index in [1.165, 1.54) is 18.2 Å². The van der Waals surface area contributed by atoms with Crippen molar-refractivity contribution >= 4 is 41.3 Å². The molecule has 0 bridgehead atoms. The number of nitro benzene ring substituents is 1. The summed E-state index contributed by atoms with van der Waals surface area (Å²) in [6.07, 6.45) is 4.64. The van der Waals surface area contributed by atoms with E-state index in [0.717, 1.165) is 5.56 Å². The molecule has 0 unspecified atom stereocenters. The van der Waals surface area contributed by atoms with Gasteiger partial charge < -0.3 is 4.74 Å². The summed E-state index contributed by atoms with van der Waals surface area (Å²) in [5.74, 6) is -0.455. The molecule has 3 rings (SSSR count). The molecule has 0 atom stereocenters. The number of hydrogen-bond donors (Lipinski definition) is 0. The Kier molecular flexibility index (Phi) is 4.72. The summed E-state index contributed by atoms with van der Waals surface area (Å²) < 4.78 is 5.06. The standard InChI is InChI=1S/C18H11ClN2O4/c19-14-5-1-4-13(9-14)11-16-18(22)25-17(20-16)8-7-12-3-2-6-15(10-12)21(23)24/h1-11H. The minimum Gasteiger partial charge on any atom is -0.403 e. The van der Waals surface area contributed by atoms with Crippen LogP contribution in [0.1, 0.15) is 11.1 Å². The lowest BCUT2D eigenvalue weighted by molar-refractivity contribution is -0.384. The molecule has 0 saturated carbocycles. The van der Waals surface area contributed by atoms with E-state index in [1.54, 1.807) is 48.6 Å². The molecule has 1 heterocycles. The molecule has 0 amide bonds. The largest absolute Gasteiger partial charge is 0.403 e. The number of ether oxygens (including phenoxy) is 1. The van der Waals surface area contributed by atoms with Gasteiger partial charge in [-0.2, -0.15) is 0 Å². The van der Waals surface area contributed by atoms with Gasteiger partial charge in [-0.1, -0.05) is 35.9 Å². The zero-order valence-electron chi connectivity index (χ0n) is 12.8. The van der Waals surface area contributed by atoms with E-state index >= 15 is 0 Å². The summed E-state index contributed by atoms with van der Waals surface area (Å²) in [5, 5.41) is 11.3. The third-order valence-corrected chi connectivity index (χ3v) is 3.52. The smallest absolute Gasteiger partial charge is 0.363 e. The molecule has 0 fully saturated rings. The van der Waals surface area contributed by atoms with Crippen LogP contribution in [0, 0.1) is 10.1 Å². The Hall–Kier alpha value is -3.25. The summed E-state index contributed by atoms with van der Waals surface area (Å²) in [4.78, 5) is 26.3. The van der Waals surface area contributed by atoms with Gasteiger partial charge in [0.15, 0.2) is 5.70 Å². The molecule has 0 saturated heterocycles. The highest BCUT2D eigenvalue weighted by Crippen LogP contribution is 2.19. The zero-order chi connectivity index (χ0) is 17.8. The molecule has 124 valence electrons. The number of non-ortho nitro benzene ring substituents is 1. The van der Waals surface area contributed by atoms with Crippen LogP contribution in [0.4, 0.5) is 5.69 Å². The van der Waals surface area contributed by atoms with Crippen molar-refractivity contribution in [2.75, 3.05) is 0 Å². The molecule has 1 aliphatic rings. The lowest BCUT2D eigenvalue weighted by Gasteiger charge is -1.95. The third-order valence-electron chi connectivity index (χ3n) is 3.29. The first kappa shape index (κ1) is 16.6. The molecular formula is C18H11ClN2O4. The molecular weight excluding hydrogens is 344 g/mol. The maximum absolute atomic E-state index is 11.9. The summed E-state index contributed by atoms with van der Waals surface area (Å²) in [7, 11) is 0. The van der Waals surface area contributed by atoms with Crippen LogP contribution >= 0.6 is 11.6 Å². The van der Waals surface area contributed by atoms with Gasteiger partial charge in [0.05, 0.1) is 4.92 Å². The Morgan fingerprint density at radius 3 is 2.60 bits per heavy atom. The number of esters is 1. The molecule has 2 aromatic carbocycles. The van der Waals surface area contributed by atoms with Crippen LogP contribution in [0.3, 0.4) is 0 Å². The third kappa shape index (κ3) is 4.19. The van der Waals surface area contributed by atoms with Gasteiger partial charge in [0.2, 0.25) is 5.90 Å². The normalized spacial score (nSPS) is 15.5. The molecule has 0 spiro atoms. The molecule has 0 aliphatic carbocycles. The van der Waals surface area contributed by atoms with E-state index in [9.17, 15) is 14.9 Å². The predicted molar refractivity (Wildman–Crippen MR) is 95.1 cm³/mol. The van der Waals surface area contributed by atoms with Crippen LogP contribution in [0.2, 0.25) is 5.02 Å². The first-order chi connectivity index (χ1) is 12.0. The molecule has 0 aromatic heterocycles. The second kappa shape index (κ2) is 7.11.